The highest BCUT2D eigenvalue weighted by molar-refractivity contribution is 7.89. The maximum Gasteiger partial charge on any atom is 0.240 e. The Morgan fingerprint density at radius 1 is 1.27 bits per heavy atom. The van der Waals surface area contributed by atoms with E-state index in [2.05, 4.69) is 4.72 Å². The number of hydrogen-bond donors (Lipinski definition) is 1. The minimum atomic E-state index is -3.66. The summed E-state index contributed by atoms with van der Waals surface area (Å²) in [4.78, 5) is -0.0351. The van der Waals surface area contributed by atoms with E-state index in [-0.39, 0.29) is 16.5 Å². The second kappa shape index (κ2) is 8.24. The standard InChI is InChI=1S/C15H21ClFNO3S/c16-14-11-13(7-8-15(14)17)22(19,20)18-9-4-10-21-12-5-2-1-3-6-12/h7-8,11-12,18H,1-6,9-10H2. The Labute approximate surface area is 136 Å². The van der Waals surface area contributed by atoms with Crippen molar-refractivity contribution in [1.82, 2.24) is 4.72 Å². The summed E-state index contributed by atoms with van der Waals surface area (Å²) in [6, 6.07) is 3.35. The Kier molecular flexibility index (Phi) is 6.62. The Hall–Kier alpha value is -0.690. The van der Waals surface area contributed by atoms with E-state index in [1.807, 2.05) is 0 Å². The third-order valence-corrected chi connectivity index (χ3v) is 5.47. The van der Waals surface area contributed by atoms with Gasteiger partial charge in [-0.1, -0.05) is 30.9 Å². The van der Waals surface area contributed by atoms with Gasteiger partial charge < -0.3 is 4.74 Å². The van der Waals surface area contributed by atoms with Gasteiger partial charge in [0.05, 0.1) is 16.0 Å². The quantitative estimate of drug-likeness (QED) is 0.766. The fraction of sp³-hybridized carbons (Fsp3) is 0.600. The first kappa shape index (κ1) is 17.7. The van der Waals surface area contributed by atoms with E-state index >= 15 is 0 Å². The lowest BCUT2D eigenvalue weighted by molar-refractivity contribution is 0.0278. The second-order valence-electron chi connectivity index (χ2n) is 5.46. The monoisotopic (exact) mass is 349 g/mol. The molecule has 0 saturated heterocycles. The first-order valence-corrected chi connectivity index (χ1v) is 9.41. The summed E-state index contributed by atoms with van der Waals surface area (Å²) in [5, 5.41) is -0.205. The molecule has 124 valence electrons. The van der Waals surface area contributed by atoms with Crippen LogP contribution in [0.25, 0.3) is 0 Å². The number of nitrogens with one attached hydrogen (secondary N) is 1. The third-order valence-electron chi connectivity index (χ3n) is 3.72. The van der Waals surface area contributed by atoms with E-state index in [0.29, 0.717) is 19.1 Å². The van der Waals surface area contributed by atoms with Crippen LogP contribution >= 0.6 is 11.6 Å². The van der Waals surface area contributed by atoms with Gasteiger partial charge in [0.1, 0.15) is 5.82 Å². The fourth-order valence-electron chi connectivity index (χ4n) is 2.49. The molecule has 1 aromatic rings. The van der Waals surface area contributed by atoms with Crippen LogP contribution in [-0.2, 0) is 14.8 Å². The van der Waals surface area contributed by atoms with Crippen LogP contribution in [0.2, 0.25) is 5.02 Å². The zero-order chi connectivity index (χ0) is 16.0. The molecule has 0 radical (unpaired) electrons. The SMILES string of the molecule is O=S(=O)(NCCCOC1CCCCC1)c1ccc(F)c(Cl)c1. The molecular formula is C15H21ClFNO3S. The molecule has 0 aliphatic heterocycles. The molecule has 0 amide bonds. The number of halogens is 2. The molecule has 1 N–H and O–H groups in total. The highest BCUT2D eigenvalue weighted by Gasteiger charge is 2.16. The maximum atomic E-state index is 13.1. The van der Waals surface area contributed by atoms with E-state index in [9.17, 15) is 12.8 Å². The van der Waals surface area contributed by atoms with Gasteiger partial charge in [-0.3, -0.25) is 0 Å². The maximum absolute atomic E-state index is 13.1. The van der Waals surface area contributed by atoms with Crippen molar-refractivity contribution in [2.75, 3.05) is 13.2 Å². The first-order chi connectivity index (χ1) is 10.5. The van der Waals surface area contributed by atoms with E-state index in [4.69, 9.17) is 16.3 Å². The van der Waals surface area contributed by atoms with E-state index in [1.165, 1.54) is 25.3 Å². The summed E-state index contributed by atoms with van der Waals surface area (Å²) >= 11 is 5.60. The minimum Gasteiger partial charge on any atom is -0.378 e. The summed E-state index contributed by atoms with van der Waals surface area (Å²) < 4.78 is 45.3. The number of hydrogen-bond acceptors (Lipinski definition) is 3. The zero-order valence-corrected chi connectivity index (χ0v) is 13.9. The Morgan fingerprint density at radius 2 is 2.00 bits per heavy atom. The highest BCUT2D eigenvalue weighted by Crippen LogP contribution is 2.21. The van der Waals surface area contributed by atoms with Crippen LogP contribution in [0.4, 0.5) is 4.39 Å². The van der Waals surface area contributed by atoms with E-state index in [0.717, 1.165) is 25.0 Å². The molecule has 0 atom stereocenters. The number of ether oxygens (including phenoxy) is 1. The lowest BCUT2D eigenvalue weighted by Crippen LogP contribution is -2.26. The van der Waals surface area contributed by atoms with Crippen molar-refractivity contribution in [3.8, 4) is 0 Å². The van der Waals surface area contributed by atoms with Gasteiger partial charge in [0.2, 0.25) is 10.0 Å². The number of benzene rings is 1. The van der Waals surface area contributed by atoms with Crippen LogP contribution in [0, 0.1) is 5.82 Å². The molecule has 1 aliphatic carbocycles. The Morgan fingerprint density at radius 3 is 2.68 bits per heavy atom. The first-order valence-electron chi connectivity index (χ1n) is 7.55. The molecule has 1 aromatic carbocycles. The van der Waals surface area contributed by atoms with Gasteiger partial charge in [-0.15, -0.1) is 0 Å². The molecule has 7 heteroatoms. The van der Waals surface area contributed by atoms with Gasteiger partial charge in [0.25, 0.3) is 0 Å². The molecule has 0 spiro atoms. The molecule has 4 nitrogen and oxygen atoms in total. The second-order valence-corrected chi connectivity index (χ2v) is 7.63. The van der Waals surface area contributed by atoms with Gasteiger partial charge in [-0.2, -0.15) is 0 Å². The van der Waals surface area contributed by atoms with Crippen molar-refractivity contribution >= 4 is 21.6 Å². The molecule has 0 heterocycles. The summed E-state index contributed by atoms with van der Waals surface area (Å²) in [6.45, 7) is 0.821. The van der Waals surface area contributed by atoms with Crippen LogP contribution in [0.15, 0.2) is 23.1 Å². The largest absolute Gasteiger partial charge is 0.378 e. The summed E-state index contributed by atoms with van der Waals surface area (Å²) in [6.07, 6.45) is 6.82. The van der Waals surface area contributed by atoms with E-state index in [1.54, 1.807) is 0 Å². The molecular weight excluding hydrogens is 329 g/mol. The van der Waals surface area contributed by atoms with Crippen molar-refractivity contribution in [1.29, 1.82) is 0 Å². The van der Waals surface area contributed by atoms with Crippen molar-refractivity contribution in [2.24, 2.45) is 0 Å². The van der Waals surface area contributed by atoms with Gasteiger partial charge in [0.15, 0.2) is 0 Å². The molecule has 1 saturated carbocycles. The normalized spacial score (nSPS) is 16.8. The van der Waals surface area contributed by atoms with Crippen LogP contribution < -0.4 is 4.72 Å². The van der Waals surface area contributed by atoms with Gasteiger partial charge in [-0.25, -0.2) is 17.5 Å². The topological polar surface area (TPSA) is 55.4 Å². The third kappa shape index (κ3) is 5.19. The van der Waals surface area contributed by atoms with Crippen molar-refractivity contribution in [3.63, 3.8) is 0 Å². The minimum absolute atomic E-state index is 0.0351. The number of sulfonamides is 1. The summed E-state index contributed by atoms with van der Waals surface area (Å²) in [5.74, 6) is -0.638. The molecule has 2 rings (SSSR count). The van der Waals surface area contributed by atoms with Crippen molar-refractivity contribution in [3.05, 3.63) is 29.0 Å². The Balaban J connectivity index is 1.74. The van der Waals surface area contributed by atoms with E-state index < -0.39 is 15.8 Å². The molecule has 1 fully saturated rings. The lowest BCUT2D eigenvalue weighted by Gasteiger charge is -2.21. The summed E-state index contributed by atoms with van der Waals surface area (Å²) in [5.41, 5.74) is 0. The van der Waals surface area contributed by atoms with Gasteiger partial charge >= 0.3 is 0 Å². The average molecular weight is 350 g/mol. The smallest absolute Gasteiger partial charge is 0.240 e. The highest BCUT2D eigenvalue weighted by atomic mass is 35.5. The molecule has 1 aliphatic rings. The predicted octanol–water partition coefficient (Wildman–Crippen LogP) is 3.50. The Bertz CT molecular complexity index is 588. The van der Waals surface area contributed by atoms with Gasteiger partial charge in [0, 0.05) is 13.2 Å². The summed E-state index contributed by atoms with van der Waals surface area (Å²) in [7, 11) is -3.66. The van der Waals surface area contributed by atoms with Crippen LogP contribution in [0.1, 0.15) is 38.5 Å². The van der Waals surface area contributed by atoms with Crippen LogP contribution in [-0.4, -0.2) is 27.7 Å². The average Bonchev–Trinajstić information content (AvgIpc) is 2.50. The van der Waals surface area contributed by atoms with Crippen molar-refractivity contribution < 1.29 is 17.5 Å². The lowest BCUT2D eigenvalue weighted by atomic mass is 9.98. The molecule has 0 unspecified atom stereocenters. The van der Waals surface area contributed by atoms with Crippen LogP contribution in [0.5, 0.6) is 0 Å². The fourth-order valence-corrected chi connectivity index (χ4v) is 3.83. The number of rotatable bonds is 7. The molecule has 0 aromatic heterocycles. The molecule has 0 bridgehead atoms. The molecule has 22 heavy (non-hydrogen) atoms. The predicted molar refractivity (Wildman–Crippen MR) is 84.0 cm³/mol. The van der Waals surface area contributed by atoms with Crippen LogP contribution in [0.3, 0.4) is 0 Å². The zero-order valence-electron chi connectivity index (χ0n) is 12.4. The van der Waals surface area contributed by atoms with Gasteiger partial charge in [-0.05, 0) is 37.5 Å². The van der Waals surface area contributed by atoms with Crippen molar-refractivity contribution in [2.45, 2.75) is 49.5 Å².